The van der Waals surface area contributed by atoms with E-state index in [4.69, 9.17) is 0 Å². The Morgan fingerprint density at radius 2 is 2.22 bits per heavy atom. The number of thiazole rings is 1. The van der Waals surface area contributed by atoms with E-state index >= 15 is 0 Å². The Morgan fingerprint density at radius 3 is 2.91 bits per heavy atom. The molecule has 2 aromatic heterocycles. The average molecular weight is 329 g/mol. The fourth-order valence-electron chi connectivity index (χ4n) is 2.46. The summed E-state index contributed by atoms with van der Waals surface area (Å²) in [4.78, 5) is 16.9. The maximum absolute atomic E-state index is 12.3. The Labute approximate surface area is 138 Å². The first kappa shape index (κ1) is 15.6. The molecule has 1 atom stereocenters. The number of nitrogens with zero attached hydrogens (tertiary/aromatic N) is 3. The zero-order valence-corrected chi connectivity index (χ0v) is 13.9. The van der Waals surface area contributed by atoms with E-state index < -0.39 is 0 Å². The van der Waals surface area contributed by atoms with Crippen molar-refractivity contribution in [1.29, 1.82) is 0 Å². The average Bonchev–Trinajstić information content (AvgIpc) is 3.14. The number of aromatic nitrogens is 3. The van der Waals surface area contributed by atoms with Gasteiger partial charge in [-0.2, -0.15) is 5.10 Å². The smallest absolute Gasteiger partial charge is 0.241 e. The maximum atomic E-state index is 12.3. The number of nitrogens with one attached hydrogen (secondary N) is 2. The molecule has 120 valence electrons. The highest BCUT2D eigenvalue weighted by molar-refractivity contribution is 7.18. The Balaban J connectivity index is 1.57. The molecular weight excluding hydrogens is 310 g/mol. The van der Waals surface area contributed by atoms with Crippen LogP contribution in [-0.2, 0) is 18.3 Å². The van der Waals surface area contributed by atoms with Crippen LogP contribution in [0.5, 0.6) is 0 Å². The van der Waals surface area contributed by atoms with Crippen LogP contribution >= 0.6 is 11.3 Å². The van der Waals surface area contributed by atoms with Crippen LogP contribution in [0.4, 0.5) is 0 Å². The zero-order chi connectivity index (χ0) is 16.2. The number of aryl methyl sites for hydroxylation is 1. The van der Waals surface area contributed by atoms with Gasteiger partial charge < -0.3 is 10.6 Å². The standard InChI is InChI=1S/C16H19N5OS/c1-17-15(11-9-19-21(2)10-11)16(22)18-8-7-14-20-12-5-3-4-6-13(12)23-14/h3-6,9-10,15,17H,7-8H2,1-2H3,(H,18,22). The fourth-order valence-corrected chi connectivity index (χ4v) is 3.43. The molecule has 1 aromatic carbocycles. The topological polar surface area (TPSA) is 71.8 Å². The molecule has 7 heteroatoms. The lowest BCUT2D eigenvalue weighted by Gasteiger charge is -2.14. The highest BCUT2D eigenvalue weighted by Crippen LogP contribution is 2.21. The Hall–Kier alpha value is -2.25. The van der Waals surface area contributed by atoms with Gasteiger partial charge in [0.25, 0.3) is 0 Å². The first-order valence-corrected chi connectivity index (χ1v) is 8.27. The second kappa shape index (κ2) is 6.89. The monoisotopic (exact) mass is 329 g/mol. The number of rotatable bonds is 6. The predicted molar refractivity (Wildman–Crippen MR) is 91.3 cm³/mol. The van der Waals surface area contributed by atoms with Crippen molar-refractivity contribution in [3.63, 3.8) is 0 Å². The quantitative estimate of drug-likeness (QED) is 0.721. The van der Waals surface area contributed by atoms with E-state index in [2.05, 4.69) is 26.8 Å². The first-order chi connectivity index (χ1) is 11.2. The van der Waals surface area contributed by atoms with E-state index in [0.717, 1.165) is 22.5 Å². The van der Waals surface area contributed by atoms with E-state index in [1.54, 1.807) is 29.3 Å². The van der Waals surface area contributed by atoms with Crippen molar-refractivity contribution < 1.29 is 4.79 Å². The summed E-state index contributed by atoms with van der Waals surface area (Å²) in [6.07, 6.45) is 4.27. The lowest BCUT2D eigenvalue weighted by Crippen LogP contribution is -2.36. The lowest BCUT2D eigenvalue weighted by molar-refractivity contribution is -0.123. The largest absolute Gasteiger partial charge is 0.354 e. The molecule has 6 nitrogen and oxygen atoms in total. The van der Waals surface area contributed by atoms with Crippen LogP contribution in [0.3, 0.4) is 0 Å². The van der Waals surface area contributed by atoms with Crippen molar-refractivity contribution in [2.24, 2.45) is 7.05 Å². The minimum absolute atomic E-state index is 0.0541. The first-order valence-electron chi connectivity index (χ1n) is 7.45. The molecule has 3 rings (SSSR count). The molecule has 0 radical (unpaired) electrons. The summed E-state index contributed by atoms with van der Waals surface area (Å²) in [6, 6.07) is 7.68. The van der Waals surface area contributed by atoms with Crippen LogP contribution in [0.15, 0.2) is 36.7 Å². The van der Waals surface area contributed by atoms with Crippen LogP contribution in [-0.4, -0.2) is 34.3 Å². The van der Waals surface area contributed by atoms with Gasteiger partial charge in [-0.1, -0.05) is 12.1 Å². The van der Waals surface area contributed by atoms with Crippen molar-refractivity contribution in [3.8, 4) is 0 Å². The van der Waals surface area contributed by atoms with Crippen molar-refractivity contribution >= 4 is 27.5 Å². The minimum atomic E-state index is -0.390. The molecule has 0 aliphatic carbocycles. The van der Waals surface area contributed by atoms with Crippen LogP contribution in [0.2, 0.25) is 0 Å². The van der Waals surface area contributed by atoms with E-state index in [1.165, 1.54) is 4.70 Å². The molecule has 1 unspecified atom stereocenters. The van der Waals surface area contributed by atoms with Gasteiger partial charge in [-0.3, -0.25) is 9.48 Å². The van der Waals surface area contributed by atoms with Crippen molar-refractivity contribution in [2.75, 3.05) is 13.6 Å². The molecule has 0 saturated heterocycles. The van der Waals surface area contributed by atoms with Gasteiger partial charge in [-0.15, -0.1) is 11.3 Å². The van der Waals surface area contributed by atoms with E-state index in [-0.39, 0.29) is 11.9 Å². The third-order valence-corrected chi connectivity index (χ3v) is 4.68. The Morgan fingerprint density at radius 1 is 1.39 bits per heavy atom. The SMILES string of the molecule is CNC(C(=O)NCCc1nc2ccccc2s1)c1cnn(C)c1. The molecule has 2 N–H and O–H groups in total. The lowest BCUT2D eigenvalue weighted by atomic mass is 10.1. The fraction of sp³-hybridized carbons (Fsp3) is 0.312. The van der Waals surface area contributed by atoms with E-state index in [0.29, 0.717) is 6.54 Å². The molecule has 3 aromatic rings. The molecule has 0 fully saturated rings. The molecule has 0 bridgehead atoms. The number of para-hydroxylation sites is 1. The molecule has 1 amide bonds. The molecule has 0 aliphatic rings. The van der Waals surface area contributed by atoms with Crippen LogP contribution < -0.4 is 10.6 Å². The minimum Gasteiger partial charge on any atom is -0.354 e. The summed E-state index contributed by atoms with van der Waals surface area (Å²) in [5.74, 6) is -0.0541. The highest BCUT2D eigenvalue weighted by atomic mass is 32.1. The van der Waals surface area contributed by atoms with E-state index in [1.807, 2.05) is 31.4 Å². The highest BCUT2D eigenvalue weighted by Gasteiger charge is 2.19. The second-order valence-electron chi connectivity index (χ2n) is 5.29. The Bertz CT molecular complexity index is 777. The maximum Gasteiger partial charge on any atom is 0.241 e. The number of carbonyl (C=O) groups excluding carboxylic acids is 1. The number of hydrogen-bond donors (Lipinski definition) is 2. The third kappa shape index (κ3) is 3.57. The second-order valence-corrected chi connectivity index (χ2v) is 6.40. The summed E-state index contributed by atoms with van der Waals surface area (Å²) in [5, 5.41) is 11.1. The summed E-state index contributed by atoms with van der Waals surface area (Å²) in [7, 11) is 3.60. The number of hydrogen-bond acceptors (Lipinski definition) is 5. The van der Waals surface area contributed by atoms with Crippen molar-refractivity contribution in [2.45, 2.75) is 12.5 Å². The van der Waals surface area contributed by atoms with Gasteiger partial charge in [0.15, 0.2) is 0 Å². The normalized spacial score (nSPS) is 12.4. The zero-order valence-electron chi connectivity index (χ0n) is 13.1. The number of carbonyl (C=O) groups is 1. The molecule has 2 heterocycles. The van der Waals surface area contributed by atoms with Crippen LogP contribution in [0.1, 0.15) is 16.6 Å². The summed E-state index contributed by atoms with van der Waals surface area (Å²) < 4.78 is 2.87. The predicted octanol–water partition coefficient (Wildman–Crippen LogP) is 1.65. The van der Waals surface area contributed by atoms with Gasteiger partial charge in [0, 0.05) is 31.8 Å². The van der Waals surface area contributed by atoms with Gasteiger partial charge in [0.1, 0.15) is 6.04 Å². The number of amides is 1. The van der Waals surface area contributed by atoms with Gasteiger partial charge in [-0.05, 0) is 19.2 Å². The number of benzene rings is 1. The summed E-state index contributed by atoms with van der Waals surface area (Å²) in [6.45, 7) is 0.567. The van der Waals surface area contributed by atoms with Crippen LogP contribution in [0, 0.1) is 0 Å². The summed E-state index contributed by atoms with van der Waals surface area (Å²) >= 11 is 1.67. The van der Waals surface area contributed by atoms with Gasteiger partial charge >= 0.3 is 0 Å². The number of likely N-dealkylation sites (N-methyl/N-ethyl adjacent to an activating group) is 1. The van der Waals surface area contributed by atoms with Gasteiger partial charge in [0.05, 0.1) is 21.4 Å². The molecule has 0 saturated carbocycles. The Kier molecular flexibility index (Phi) is 4.68. The molecule has 23 heavy (non-hydrogen) atoms. The molecule has 0 spiro atoms. The molecule has 0 aliphatic heterocycles. The third-order valence-electron chi connectivity index (χ3n) is 3.59. The van der Waals surface area contributed by atoms with Gasteiger partial charge in [-0.25, -0.2) is 4.98 Å². The number of fused-ring (bicyclic) bond motifs is 1. The summed E-state index contributed by atoms with van der Waals surface area (Å²) in [5.41, 5.74) is 1.87. The van der Waals surface area contributed by atoms with Crippen LogP contribution in [0.25, 0.3) is 10.2 Å². The van der Waals surface area contributed by atoms with Crippen molar-refractivity contribution in [1.82, 2.24) is 25.4 Å². The molecular formula is C16H19N5OS. The van der Waals surface area contributed by atoms with Crippen molar-refractivity contribution in [3.05, 3.63) is 47.2 Å². The van der Waals surface area contributed by atoms with E-state index in [9.17, 15) is 4.79 Å². The van der Waals surface area contributed by atoms with Gasteiger partial charge in [0.2, 0.25) is 5.91 Å².